The molecule has 2 heteroatoms. The zero-order chi connectivity index (χ0) is 35.3. The number of hydrogen-bond donors (Lipinski definition) is 0. The lowest BCUT2D eigenvalue weighted by Crippen LogP contribution is -1.99. The highest BCUT2D eigenvalue weighted by Crippen LogP contribution is 2.45. The van der Waals surface area contributed by atoms with E-state index in [1.165, 1.54) is 76.8 Å². The van der Waals surface area contributed by atoms with Crippen molar-refractivity contribution in [2.45, 2.75) is 13.3 Å². The van der Waals surface area contributed by atoms with E-state index in [4.69, 9.17) is 4.98 Å². The summed E-state index contributed by atoms with van der Waals surface area (Å²) in [4.78, 5) is 4.89. The van der Waals surface area contributed by atoms with E-state index in [2.05, 4.69) is 200 Å². The Bertz CT molecular complexity index is 2950. The standard InChI is InChI=1S/C51H36N2/c1-2-49-52-47-18-10-11-19-48(47)53(49)42-29-26-37(27-30-42)36-20-23-38(24-21-36)50-43-16-8-9-17-44(43)51(41-25-22-35-14-6-7-15-39(35)32-41)45-31-28-40(33-46(45)50)34-12-4-3-5-13-34/h3-33H,2H2,1H3. The third-order valence-corrected chi connectivity index (χ3v) is 10.7. The van der Waals surface area contributed by atoms with E-state index in [0.29, 0.717) is 0 Å². The van der Waals surface area contributed by atoms with Gasteiger partial charge >= 0.3 is 0 Å². The Balaban J connectivity index is 1.12. The van der Waals surface area contributed by atoms with Gasteiger partial charge in [0.2, 0.25) is 0 Å². The van der Waals surface area contributed by atoms with Crippen molar-refractivity contribution in [3.8, 4) is 50.2 Å². The van der Waals surface area contributed by atoms with E-state index in [-0.39, 0.29) is 0 Å². The molecule has 0 saturated heterocycles. The summed E-state index contributed by atoms with van der Waals surface area (Å²) in [6.07, 6.45) is 0.872. The first-order valence-corrected chi connectivity index (χ1v) is 18.4. The van der Waals surface area contributed by atoms with Crippen LogP contribution in [0.4, 0.5) is 0 Å². The summed E-state index contributed by atoms with van der Waals surface area (Å²) in [5.74, 6) is 1.07. The van der Waals surface area contributed by atoms with E-state index in [0.717, 1.165) is 29.0 Å². The topological polar surface area (TPSA) is 17.8 Å². The van der Waals surface area contributed by atoms with E-state index in [9.17, 15) is 0 Å². The predicted octanol–water partition coefficient (Wildman–Crippen LogP) is 13.7. The van der Waals surface area contributed by atoms with Crippen LogP contribution < -0.4 is 0 Å². The molecule has 0 N–H and O–H groups in total. The summed E-state index contributed by atoms with van der Waals surface area (Å²) >= 11 is 0. The Morgan fingerprint density at radius 2 is 0.943 bits per heavy atom. The average molecular weight is 677 g/mol. The number of rotatable bonds is 6. The molecule has 0 fully saturated rings. The van der Waals surface area contributed by atoms with Gasteiger partial charge in [0.1, 0.15) is 5.82 Å². The van der Waals surface area contributed by atoms with Crippen molar-refractivity contribution in [3.63, 3.8) is 0 Å². The predicted molar refractivity (Wildman–Crippen MR) is 225 cm³/mol. The Morgan fingerprint density at radius 3 is 1.70 bits per heavy atom. The van der Waals surface area contributed by atoms with Crippen LogP contribution in [0.25, 0.3) is 93.5 Å². The minimum Gasteiger partial charge on any atom is -0.296 e. The number of para-hydroxylation sites is 2. The molecular formula is C51H36N2. The van der Waals surface area contributed by atoms with Gasteiger partial charge in [-0.15, -0.1) is 0 Å². The lowest BCUT2D eigenvalue weighted by molar-refractivity contribution is 0.908. The fraction of sp³-hybridized carbons (Fsp3) is 0.0392. The number of fused-ring (bicyclic) bond motifs is 4. The molecule has 10 aromatic rings. The second-order valence-electron chi connectivity index (χ2n) is 13.8. The van der Waals surface area contributed by atoms with Gasteiger partial charge in [-0.25, -0.2) is 4.98 Å². The molecule has 0 atom stereocenters. The van der Waals surface area contributed by atoms with Gasteiger partial charge in [-0.1, -0.05) is 159 Å². The van der Waals surface area contributed by atoms with Crippen LogP contribution in [0.3, 0.4) is 0 Å². The number of aryl methyl sites for hydroxylation is 1. The number of hydrogen-bond acceptors (Lipinski definition) is 1. The van der Waals surface area contributed by atoms with Gasteiger partial charge in [0.25, 0.3) is 0 Å². The molecule has 2 nitrogen and oxygen atoms in total. The summed E-state index contributed by atoms with van der Waals surface area (Å²) in [6, 6.07) is 68.6. The molecule has 1 heterocycles. The molecule has 0 saturated carbocycles. The molecule has 0 spiro atoms. The monoisotopic (exact) mass is 676 g/mol. The van der Waals surface area contributed by atoms with Crippen LogP contribution in [0.2, 0.25) is 0 Å². The lowest BCUT2D eigenvalue weighted by Gasteiger charge is -2.19. The molecule has 9 aromatic carbocycles. The van der Waals surface area contributed by atoms with Gasteiger partial charge in [-0.3, -0.25) is 4.57 Å². The fourth-order valence-corrected chi connectivity index (χ4v) is 8.19. The maximum Gasteiger partial charge on any atom is 0.114 e. The molecule has 250 valence electrons. The normalized spacial score (nSPS) is 11.6. The minimum absolute atomic E-state index is 0.872. The van der Waals surface area contributed by atoms with Crippen LogP contribution in [0.1, 0.15) is 12.7 Å². The van der Waals surface area contributed by atoms with Gasteiger partial charge in [0.15, 0.2) is 0 Å². The highest BCUT2D eigenvalue weighted by molar-refractivity contribution is 6.22. The number of aromatic nitrogens is 2. The first kappa shape index (κ1) is 31.0. The van der Waals surface area contributed by atoms with Crippen molar-refractivity contribution >= 4 is 43.4 Å². The average Bonchev–Trinajstić information content (AvgIpc) is 3.62. The quantitative estimate of drug-likeness (QED) is 0.160. The van der Waals surface area contributed by atoms with E-state index in [1.54, 1.807) is 0 Å². The molecule has 0 bridgehead atoms. The fourth-order valence-electron chi connectivity index (χ4n) is 8.19. The van der Waals surface area contributed by atoms with Gasteiger partial charge in [-0.2, -0.15) is 0 Å². The second-order valence-corrected chi connectivity index (χ2v) is 13.8. The first-order chi connectivity index (χ1) is 26.2. The van der Waals surface area contributed by atoms with Crippen LogP contribution in [0.15, 0.2) is 188 Å². The van der Waals surface area contributed by atoms with Crippen molar-refractivity contribution in [1.29, 1.82) is 0 Å². The van der Waals surface area contributed by atoms with E-state index in [1.807, 2.05) is 0 Å². The smallest absolute Gasteiger partial charge is 0.114 e. The maximum atomic E-state index is 4.89. The van der Waals surface area contributed by atoms with Crippen LogP contribution in [-0.2, 0) is 6.42 Å². The summed E-state index contributed by atoms with van der Waals surface area (Å²) in [7, 11) is 0. The largest absolute Gasteiger partial charge is 0.296 e. The SMILES string of the molecule is CCc1nc2ccccc2n1-c1ccc(-c2ccc(-c3c4ccccc4c(-c4ccc5ccccc5c4)c4ccc(-c5ccccc5)cc34)cc2)cc1. The third kappa shape index (κ3) is 5.30. The molecule has 10 rings (SSSR count). The second kappa shape index (κ2) is 12.8. The zero-order valence-corrected chi connectivity index (χ0v) is 29.5. The third-order valence-electron chi connectivity index (χ3n) is 10.7. The molecule has 0 amide bonds. The molecule has 0 aliphatic heterocycles. The number of nitrogens with zero attached hydrogens (tertiary/aromatic N) is 2. The van der Waals surface area contributed by atoms with Crippen molar-refractivity contribution in [3.05, 3.63) is 194 Å². The molecule has 0 radical (unpaired) electrons. The highest BCUT2D eigenvalue weighted by Gasteiger charge is 2.18. The minimum atomic E-state index is 0.872. The lowest BCUT2D eigenvalue weighted by atomic mass is 9.84. The van der Waals surface area contributed by atoms with Gasteiger partial charge in [-0.05, 0) is 113 Å². The Labute approximate surface area is 309 Å². The van der Waals surface area contributed by atoms with E-state index < -0.39 is 0 Å². The van der Waals surface area contributed by atoms with Crippen molar-refractivity contribution in [2.24, 2.45) is 0 Å². The Hall–Kier alpha value is -6.77. The Kier molecular flexibility index (Phi) is 7.47. The number of imidazole rings is 1. The number of benzene rings is 9. The van der Waals surface area contributed by atoms with Gasteiger partial charge in [0, 0.05) is 12.1 Å². The van der Waals surface area contributed by atoms with Gasteiger partial charge in [0.05, 0.1) is 11.0 Å². The molecule has 0 unspecified atom stereocenters. The van der Waals surface area contributed by atoms with E-state index >= 15 is 0 Å². The summed E-state index contributed by atoms with van der Waals surface area (Å²) in [6.45, 7) is 2.17. The summed E-state index contributed by atoms with van der Waals surface area (Å²) in [5.41, 5.74) is 13.1. The highest BCUT2D eigenvalue weighted by atomic mass is 15.1. The summed E-state index contributed by atoms with van der Waals surface area (Å²) in [5, 5.41) is 7.53. The molecule has 53 heavy (non-hydrogen) atoms. The van der Waals surface area contributed by atoms with Crippen molar-refractivity contribution in [2.75, 3.05) is 0 Å². The maximum absolute atomic E-state index is 4.89. The van der Waals surface area contributed by atoms with Crippen LogP contribution >= 0.6 is 0 Å². The van der Waals surface area contributed by atoms with Crippen molar-refractivity contribution < 1.29 is 0 Å². The zero-order valence-electron chi connectivity index (χ0n) is 29.5. The van der Waals surface area contributed by atoms with Crippen molar-refractivity contribution in [1.82, 2.24) is 9.55 Å². The van der Waals surface area contributed by atoms with Gasteiger partial charge < -0.3 is 0 Å². The molecular weight excluding hydrogens is 641 g/mol. The molecule has 0 aliphatic rings. The van der Waals surface area contributed by atoms with Crippen LogP contribution in [-0.4, -0.2) is 9.55 Å². The summed E-state index contributed by atoms with van der Waals surface area (Å²) < 4.78 is 2.28. The first-order valence-electron chi connectivity index (χ1n) is 18.4. The molecule has 0 aliphatic carbocycles. The molecule has 1 aromatic heterocycles. The van der Waals surface area contributed by atoms with Crippen LogP contribution in [0, 0.1) is 0 Å². The van der Waals surface area contributed by atoms with Crippen LogP contribution in [0.5, 0.6) is 0 Å². The Morgan fingerprint density at radius 1 is 0.396 bits per heavy atom.